The highest BCUT2D eigenvalue weighted by molar-refractivity contribution is 5.91. The van der Waals surface area contributed by atoms with E-state index in [2.05, 4.69) is 15.3 Å². The quantitative estimate of drug-likeness (QED) is 0.469. The van der Waals surface area contributed by atoms with E-state index in [0.29, 0.717) is 28.4 Å². The van der Waals surface area contributed by atoms with E-state index in [1.165, 1.54) is 23.4 Å². The summed E-state index contributed by atoms with van der Waals surface area (Å²) in [4.78, 5) is 21.8. The van der Waals surface area contributed by atoms with Gasteiger partial charge < -0.3 is 20.4 Å². The smallest absolute Gasteiger partial charge is 0.387 e. The number of halogens is 4. The summed E-state index contributed by atoms with van der Waals surface area (Å²) in [5.41, 5.74) is -1.46. The molecule has 1 saturated heterocycles. The van der Waals surface area contributed by atoms with E-state index in [1.807, 2.05) is 0 Å². The van der Waals surface area contributed by atoms with Gasteiger partial charge in [-0.3, -0.25) is 14.8 Å². The average Bonchev–Trinajstić information content (AvgIpc) is 2.83. The number of carbonyl (C=O) groups is 1. The molecule has 1 atom stereocenters. The summed E-state index contributed by atoms with van der Waals surface area (Å²) in [6.45, 7) is 1.45. The van der Waals surface area contributed by atoms with Gasteiger partial charge in [0.2, 0.25) is 5.91 Å². The van der Waals surface area contributed by atoms with Gasteiger partial charge in [-0.15, -0.1) is 0 Å². The molecule has 3 heterocycles. The van der Waals surface area contributed by atoms with E-state index in [1.54, 1.807) is 19.1 Å². The topological polar surface area (TPSA) is 98.6 Å². The maximum atomic E-state index is 14.6. The molecule has 0 unspecified atom stereocenters. The van der Waals surface area contributed by atoms with Crippen molar-refractivity contribution in [3.8, 4) is 0 Å². The van der Waals surface area contributed by atoms with Crippen LogP contribution in [0.1, 0.15) is 42.6 Å². The van der Waals surface area contributed by atoms with Gasteiger partial charge in [-0.25, -0.2) is 4.39 Å². The molecule has 1 fully saturated rings. The Hall–Kier alpha value is -3.31. The lowest BCUT2D eigenvalue weighted by atomic mass is 9.87. The first-order valence-corrected chi connectivity index (χ1v) is 11.0. The van der Waals surface area contributed by atoms with Crippen LogP contribution in [0.2, 0.25) is 0 Å². The Balaban J connectivity index is 1.63. The number of anilines is 1. The number of amides is 1. The number of aliphatic hydroxyl groups is 2. The number of carbonyl (C=O) groups excluding carboxylic acids is 1. The molecule has 0 saturated carbocycles. The van der Waals surface area contributed by atoms with Crippen LogP contribution >= 0.6 is 0 Å². The van der Waals surface area contributed by atoms with Crippen molar-refractivity contribution < 1.29 is 32.6 Å². The van der Waals surface area contributed by atoms with Gasteiger partial charge in [0.1, 0.15) is 18.0 Å². The van der Waals surface area contributed by atoms with Crippen LogP contribution in [0.25, 0.3) is 10.9 Å². The number of nitrogens with one attached hydrogen (secondary N) is 1. The molecule has 1 aliphatic heterocycles. The molecule has 1 aromatic carbocycles. The molecule has 1 aliphatic rings. The molecule has 1 amide bonds. The number of likely N-dealkylation sites (tertiary alicyclic amines) is 1. The van der Waals surface area contributed by atoms with Crippen LogP contribution in [-0.2, 0) is 16.6 Å². The van der Waals surface area contributed by atoms with E-state index >= 15 is 0 Å². The van der Waals surface area contributed by atoms with Gasteiger partial charge >= 0.3 is 6.18 Å². The van der Waals surface area contributed by atoms with Crippen LogP contribution in [0.3, 0.4) is 0 Å². The molecule has 0 spiro atoms. The predicted molar refractivity (Wildman–Crippen MR) is 120 cm³/mol. The molecule has 0 bridgehead atoms. The van der Waals surface area contributed by atoms with Gasteiger partial charge in [-0.1, -0.05) is 12.1 Å². The maximum absolute atomic E-state index is 14.6. The van der Waals surface area contributed by atoms with Crippen molar-refractivity contribution >= 4 is 22.5 Å². The number of benzene rings is 1. The van der Waals surface area contributed by atoms with Gasteiger partial charge in [0.25, 0.3) is 0 Å². The SMILES string of the molecule is C[C@@H](Nc1ccnc2cnc(C3(O)CCN(C(=O)CO)CC3)cc12)c1cccc(C(F)(F)F)c1F. The Morgan fingerprint density at radius 3 is 2.60 bits per heavy atom. The number of aromatic nitrogens is 2. The molecule has 0 radical (unpaired) electrons. The number of hydrogen-bond donors (Lipinski definition) is 3. The van der Waals surface area contributed by atoms with E-state index in [4.69, 9.17) is 5.11 Å². The summed E-state index contributed by atoms with van der Waals surface area (Å²) in [7, 11) is 0. The predicted octanol–water partition coefficient (Wildman–Crippen LogP) is 3.76. The third kappa shape index (κ3) is 4.92. The third-order valence-corrected chi connectivity index (χ3v) is 6.36. The van der Waals surface area contributed by atoms with Gasteiger partial charge in [0.05, 0.1) is 29.0 Å². The second kappa shape index (κ2) is 9.38. The minimum absolute atomic E-state index is 0.140. The lowest BCUT2D eigenvalue weighted by Gasteiger charge is -2.37. The largest absolute Gasteiger partial charge is 0.419 e. The Labute approximate surface area is 198 Å². The Morgan fingerprint density at radius 1 is 1.23 bits per heavy atom. The van der Waals surface area contributed by atoms with Crippen LogP contribution in [0.15, 0.2) is 42.7 Å². The third-order valence-electron chi connectivity index (χ3n) is 6.36. The molecule has 186 valence electrons. The van der Waals surface area contributed by atoms with Gasteiger partial charge in [-0.05, 0) is 38.0 Å². The van der Waals surface area contributed by atoms with Crippen molar-refractivity contribution in [2.45, 2.75) is 37.6 Å². The number of pyridine rings is 2. The maximum Gasteiger partial charge on any atom is 0.419 e. The molecule has 4 rings (SSSR count). The number of nitrogens with zero attached hydrogens (tertiary/aromatic N) is 3. The average molecular weight is 492 g/mol. The Morgan fingerprint density at radius 2 is 1.94 bits per heavy atom. The molecule has 11 heteroatoms. The van der Waals surface area contributed by atoms with Crippen LogP contribution in [0.5, 0.6) is 0 Å². The minimum Gasteiger partial charge on any atom is -0.387 e. The molecule has 7 nitrogen and oxygen atoms in total. The number of piperidine rings is 1. The van der Waals surface area contributed by atoms with E-state index in [9.17, 15) is 27.5 Å². The highest BCUT2D eigenvalue weighted by Crippen LogP contribution is 2.37. The fourth-order valence-electron chi connectivity index (χ4n) is 4.33. The van der Waals surface area contributed by atoms with Crippen LogP contribution in [-0.4, -0.2) is 50.7 Å². The molecule has 0 aliphatic carbocycles. The van der Waals surface area contributed by atoms with Crippen molar-refractivity contribution in [3.63, 3.8) is 0 Å². The standard InChI is InChI=1S/C24H24F4N4O3/c1-14(15-3-2-4-17(22(15)25)24(26,27)28)31-18-5-8-29-19-12-30-20(11-16(18)19)23(35)6-9-32(10-7-23)21(34)13-33/h2-5,8,11-12,14,33,35H,6-7,9-10,13H2,1H3,(H,29,31)/t14-/m1/s1. The summed E-state index contributed by atoms with van der Waals surface area (Å²) < 4.78 is 54.1. The van der Waals surface area contributed by atoms with Crippen molar-refractivity contribution in [2.24, 2.45) is 0 Å². The summed E-state index contributed by atoms with van der Waals surface area (Å²) in [5.74, 6) is -1.75. The lowest BCUT2D eigenvalue weighted by molar-refractivity contribution is -0.140. The Bertz CT molecular complexity index is 1240. The minimum atomic E-state index is -4.81. The van der Waals surface area contributed by atoms with Crippen molar-refractivity contribution in [1.29, 1.82) is 0 Å². The molecule has 3 N–H and O–H groups in total. The first kappa shape index (κ1) is 24.8. The van der Waals surface area contributed by atoms with Crippen molar-refractivity contribution in [1.82, 2.24) is 14.9 Å². The summed E-state index contributed by atoms with van der Waals surface area (Å²) in [5, 5.41) is 23.9. The first-order chi connectivity index (χ1) is 16.5. The molecule has 2 aromatic heterocycles. The fourth-order valence-corrected chi connectivity index (χ4v) is 4.33. The number of rotatable bonds is 5. The van der Waals surface area contributed by atoms with E-state index < -0.39 is 41.7 Å². The monoisotopic (exact) mass is 492 g/mol. The van der Waals surface area contributed by atoms with E-state index in [0.717, 1.165) is 6.07 Å². The van der Waals surface area contributed by atoms with Crippen LogP contribution in [0, 0.1) is 5.82 Å². The highest BCUT2D eigenvalue weighted by Gasteiger charge is 2.37. The second-order valence-corrected chi connectivity index (χ2v) is 8.59. The second-order valence-electron chi connectivity index (χ2n) is 8.59. The normalized spacial score (nSPS) is 16.8. The van der Waals surface area contributed by atoms with Gasteiger partial charge in [0.15, 0.2) is 0 Å². The fraction of sp³-hybridized carbons (Fsp3) is 0.375. The lowest BCUT2D eigenvalue weighted by Crippen LogP contribution is -2.46. The Kier molecular flexibility index (Phi) is 6.65. The molecular formula is C24H24F4N4O3. The van der Waals surface area contributed by atoms with Crippen molar-refractivity contribution in [3.05, 3.63) is 65.4 Å². The summed E-state index contributed by atoms with van der Waals surface area (Å²) >= 11 is 0. The highest BCUT2D eigenvalue weighted by atomic mass is 19.4. The molecule has 35 heavy (non-hydrogen) atoms. The van der Waals surface area contributed by atoms with E-state index in [-0.39, 0.29) is 31.5 Å². The van der Waals surface area contributed by atoms with Gasteiger partial charge in [0, 0.05) is 35.9 Å². The molecule has 3 aromatic rings. The summed E-state index contributed by atoms with van der Waals surface area (Å²) in [6, 6.07) is 5.60. The summed E-state index contributed by atoms with van der Waals surface area (Å²) in [6.07, 6.45) is -1.40. The first-order valence-electron chi connectivity index (χ1n) is 11.0. The number of hydrogen-bond acceptors (Lipinski definition) is 6. The van der Waals surface area contributed by atoms with Crippen LogP contribution in [0.4, 0.5) is 23.2 Å². The van der Waals surface area contributed by atoms with Crippen LogP contribution < -0.4 is 5.32 Å². The van der Waals surface area contributed by atoms with Gasteiger partial charge in [-0.2, -0.15) is 13.2 Å². The zero-order chi connectivity index (χ0) is 25.4. The zero-order valence-corrected chi connectivity index (χ0v) is 18.8. The number of aliphatic hydroxyl groups excluding tert-OH is 1. The number of alkyl halides is 3. The zero-order valence-electron chi connectivity index (χ0n) is 18.8. The molecular weight excluding hydrogens is 468 g/mol. The number of fused-ring (bicyclic) bond motifs is 1. The van der Waals surface area contributed by atoms with Crippen molar-refractivity contribution in [2.75, 3.05) is 25.0 Å².